The molecule has 1 heterocycles. The van der Waals surface area contributed by atoms with Crippen LogP contribution in [0, 0.1) is 5.92 Å². The highest BCUT2D eigenvalue weighted by atomic mass is 16.5. The first-order valence-electron chi connectivity index (χ1n) is 10.8. The number of hydrogen-bond acceptors (Lipinski definition) is 6. The SMILES string of the molecule is CC(CNC(=O)OCC1c2ccccc2-c2ccccc21)C(=O)NCc1ncc(C(=O)O)cn1. The lowest BCUT2D eigenvalue weighted by Gasteiger charge is -2.16. The van der Waals surface area contributed by atoms with E-state index in [0.29, 0.717) is 0 Å². The predicted octanol–water partition coefficient (Wildman–Crippen LogP) is 2.97. The Morgan fingerprint density at radius 3 is 2.15 bits per heavy atom. The van der Waals surface area contributed by atoms with Crippen molar-refractivity contribution in [2.45, 2.75) is 19.4 Å². The van der Waals surface area contributed by atoms with Gasteiger partial charge < -0.3 is 20.5 Å². The molecule has 4 rings (SSSR count). The topological polar surface area (TPSA) is 131 Å². The molecule has 0 fully saturated rings. The normalized spacial score (nSPS) is 12.9. The van der Waals surface area contributed by atoms with Gasteiger partial charge in [-0.3, -0.25) is 4.79 Å². The zero-order valence-electron chi connectivity index (χ0n) is 18.5. The molecule has 2 aromatic carbocycles. The van der Waals surface area contributed by atoms with Crippen molar-refractivity contribution in [3.05, 3.63) is 83.4 Å². The van der Waals surface area contributed by atoms with Gasteiger partial charge in [-0.2, -0.15) is 0 Å². The fraction of sp³-hybridized carbons (Fsp3) is 0.240. The summed E-state index contributed by atoms with van der Waals surface area (Å²) in [5.41, 5.74) is 4.53. The maximum Gasteiger partial charge on any atom is 0.407 e. The van der Waals surface area contributed by atoms with Crippen LogP contribution in [-0.4, -0.2) is 46.2 Å². The van der Waals surface area contributed by atoms with Gasteiger partial charge in [-0.1, -0.05) is 55.5 Å². The highest BCUT2D eigenvalue weighted by molar-refractivity contribution is 5.86. The molecule has 0 bridgehead atoms. The van der Waals surface area contributed by atoms with Gasteiger partial charge in [0.25, 0.3) is 0 Å². The molecular weight excluding hydrogens is 436 g/mol. The van der Waals surface area contributed by atoms with Crippen molar-refractivity contribution in [3.63, 3.8) is 0 Å². The second-order valence-corrected chi connectivity index (χ2v) is 8.02. The first-order valence-corrected chi connectivity index (χ1v) is 10.8. The van der Waals surface area contributed by atoms with Crippen molar-refractivity contribution < 1.29 is 24.2 Å². The van der Waals surface area contributed by atoms with E-state index in [2.05, 4.69) is 32.7 Å². The summed E-state index contributed by atoms with van der Waals surface area (Å²) in [6.45, 7) is 2.02. The molecule has 1 atom stereocenters. The highest BCUT2D eigenvalue weighted by Crippen LogP contribution is 2.44. The third kappa shape index (κ3) is 5.03. The number of carboxylic acid groups (broad SMARTS) is 1. The molecule has 0 aliphatic heterocycles. The molecule has 174 valence electrons. The van der Waals surface area contributed by atoms with E-state index >= 15 is 0 Å². The number of amides is 2. The number of aromatic carboxylic acids is 1. The van der Waals surface area contributed by atoms with Crippen LogP contribution in [0.2, 0.25) is 0 Å². The Labute approximate surface area is 196 Å². The van der Waals surface area contributed by atoms with Gasteiger partial charge in [-0.25, -0.2) is 19.6 Å². The van der Waals surface area contributed by atoms with Crippen molar-refractivity contribution >= 4 is 18.0 Å². The van der Waals surface area contributed by atoms with E-state index in [4.69, 9.17) is 9.84 Å². The fourth-order valence-corrected chi connectivity index (χ4v) is 3.88. The van der Waals surface area contributed by atoms with Gasteiger partial charge in [0.2, 0.25) is 5.91 Å². The summed E-state index contributed by atoms with van der Waals surface area (Å²) in [4.78, 5) is 43.2. The molecule has 1 unspecified atom stereocenters. The number of ether oxygens (including phenoxy) is 1. The average Bonchev–Trinajstić information content (AvgIpc) is 3.18. The highest BCUT2D eigenvalue weighted by Gasteiger charge is 2.29. The maximum absolute atomic E-state index is 12.3. The number of carboxylic acids is 1. The molecule has 1 aliphatic rings. The molecule has 9 heteroatoms. The Morgan fingerprint density at radius 2 is 1.56 bits per heavy atom. The van der Waals surface area contributed by atoms with Crippen LogP contribution in [0.1, 0.15) is 40.2 Å². The lowest BCUT2D eigenvalue weighted by Crippen LogP contribution is -2.38. The number of alkyl carbamates (subject to hydrolysis) is 1. The minimum absolute atomic E-state index is 0.0317. The van der Waals surface area contributed by atoms with Gasteiger partial charge in [0.1, 0.15) is 12.4 Å². The number of rotatable bonds is 8. The Kier molecular flexibility index (Phi) is 6.82. The number of fused-ring (bicyclic) bond motifs is 3. The molecule has 0 saturated heterocycles. The molecule has 34 heavy (non-hydrogen) atoms. The Hall–Kier alpha value is -4.27. The molecule has 0 radical (unpaired) electrons. The standard InChI is InChI=1S/C25H24N4O5/c1-15(23(30)28-13-22-26-11-16(12-27-22)24(31)32)10-29-25(33)34-14-21-19-8-4-2-6-17(19)18-7-3-5-9-20(18)21/h2-9,11-12,15,21H,10,13-14H2,1H3,(H,28,30)(H,29,33)(H,31,32). The van der Waals surface area contributed by atoms with Crippen LogP contribution in [0.25, 0.3) is 11.1 Å². The first-order chi connectivity index (χ1) is 16.4. The Balaban J connectivity index is 1.24. The monoisotopic (exact) mass is 460 g/mol. The number of carbonyl (C=O) groups excluding carboxylic acids is 2. The quantitative estimate of drug-likeness (QED) is 0.471. The fourth-order valence-electron chi connectivity index (χ4n) is 3.88. The number of benzene rings is 2. The van der Waals surface area contributed by atoms with E-state index in [1.165, 1.54) is 12.4 Å². The summed E-state index contributed by atoms with van der Waals surface area (Å²) < 4.78 is 5.48. The molecule has 9 nitrogen and oxygen atoms in total. The zero-order chi connectivity index (χ0) is 24.1. The third-order valence-electron chi connectivity index (χ3n) is 5.72. The second kappa shape index (κ2) is 10.1. The number of hydrogen-bond donors (Lipinski definition) is 3. The number of nitrogens with one attached hydrogen (secondary N) is 2. The van der Waals surface area contributed by atoms with Gasteiger partial charge >= 0.3 is 12.1 Å². The van der Waals surface area contributed by atoms with E-state index in [9.17, 15) is 14.4 Å². The molecule has 3 aromatic rings. The molecule has 0 saturated carbocycles. The predicted molar refractivity (Wildman–Crippen MR) is 123 cm³/mol. The van der Waals surface area contributed by atoms with Crippen molar-refractivity contribution in [3.8, 4) is 11.1 Å². The van der Waals surface area contributed by atoms with Crippen molar-refractivity contribution in [1.29, 1.82) is 0 Å². The summed E-state index contributed by atoms with van der Waals surface area (Å²) in [7, 11) is 0. The van der Waals surface area contributed by atoms with Crippen molar-refractivity contribution in [2.75, 3.05) is 13.2 Å². The van der Waals surface area contributed by atoms with Crippen LogP contribution in [0.5, 0.6) is 0 Å². The van der Waals surface area contributed by atoms with Crippen molar-refractivity contribution in [1.82, 2.24) is 20.6 Å². The van der Waals surface area contributed by atoms with Gasteiger partial charge in [-0.05, 0) is 22.3 Å². The van der Waals surface area contributed by atoms with Gasteiger partial charge in [-0.15, -0.1) is 0 Å². The second-order valence-electron chi connectivity index (χ2n) is 8.02. The van der Waals surface area contributed by atoms with Gasteiger partial charge in [0.05, 0.1) is 18.0 Å². The van der Waals surface area contributed by atoms with E-state index in [0.717, 1.165) is 22.3 Å². The van der Waals surface area contributed by atoms with E-state index in [1.54, 1.807) is 6.92 Å². The Bertz CT molecular complexity index is 1170. The lowest BCUT2D eigenvalue weighted by atomic mass is 9.98. The largest absolute Gasteiger partial charge is 0.478 e. The summed E-state index contributed by atoms with van der Waals surface area (Å²) in [5, 5.41) is 14.2. The molecule has 0 spiro atoms. The van der Waals surface area contributed by atoms with Crippen LogP contribution in [0.15, 0.2) is 60.9 Å². The molecule has 3 N–H and O–H groups in total. The third-order valence-corrected chi connectivity index (χ3v) is 5.72. The first kappa shape index (κ1) is 22.9. The van der Waals surface area contributed by atoms with E-state index in [-0.39, 0.29) is 42.9 Å². The summed E-state index contributed by atoms with van der Waals surface area (Å²) in [6, 6.07) is 16.2. The molecule has 2 amide bonds. The molecular formula is C25H24N4O5. The minimum Gasteiger partial charge on any atom is -0.478 e. The summed E-state index contributed by atoms with van der Waals surface area (Å²) in [5.74, 6) is -1.69. The smallest absolute Gasteiger partial charge is 0.407 e. The number of nitrogens with zero attached hydrogens (tertiary/aromatic N) is 2. The minimum atomic E-state index is -1.12. The average molecular weight is 460 g/mol. The number of aromatic nitrogens is 2. The van der Waals surface area contributed by atoms with E-state index < -0.39 is 18.0 Å². The van der Waals surface area contributed by atoms with Gasteiger partial charge in [0.15, 0.2) is 0 Å². The van der Waals surface area contributed by atoms with Crippen LogP contribution in [0.4, 0.5) is 4.79 Å². The van der Waals surface area contributed by atoms with Crippen LogP contribution < -0.4 is 10.6 Å². The maximum atomic E-state index is 12.3. The summed E-state index contributed by atoms with van der Waals surface area (Å²) >= 11 is 0. The van der Waals surface area contributed by atoms with Crippen molar-refractivity contribution in [2.24, 2.45) is 5.92 Å². The molecule has 1 aliphatic carbocycles. The lowest BCUT2D eigenvalue weighted by molar-refractivity contribution is -0.124. The number of carbonyl (C=O) groups is 3. The Morgan fingerprint density at radius 1 is 0.971 bits per heavy atom. The zero-order valence-corrected chi connectivity index (χ0v) is 18.5. The summed E-state index contributed by atoms with van der Waals surface area (Å²) in [6.07, 6.45) is 1.77. The molecule has 1 aromatic heterocycles. The van der Waals surface area contributed by atoms with Gasteiger partial charge in [0, 0.05) is 24.9 Å². The van der Waals surface area contributed by atoms with Crippen LogP contribution in [-0.2, 0) is 16.1 Å². The van der Waals surface area contributed by atoms with E-state index in [1.807, 2.05) is 36.4 Å². The van der Waals surface area contributed by atoms with Crippen LogP contribution in [0.3, 0.4) is 0 Å². The van der Waals surface area contributed by atoms with Crippen LogP contribution >= 0.6 is 0 Å².